The van der Waals surface area contributed by atoms with E-state index in [1.165, 1.54) is 22.3 Å². The van der Waals surface area contributed by atoms with Gasteiger partial charge in [0.25, 0.3) is 0 Å². The molecule has 31 heavy (non-hydrogen) atoms. The van der Waals surface area contributed by atoms with Crippen molar-refractivity contribution in [2.24, 2.45) is 0 Å². The maximum Gasteiger partial charge on any atom is 0.146 e. The summed E-state index contributed by atoms with van der Waals surface area (Å²) in [6, 6.07) is 15.1. The number of fused-ring (bicyclic) bond motifs is 7. The minimum absolute atomic E-state index is 0.145. The molecule has 0 unspecified atom stereocenters. The van der Waals surface area contributed by atoms with E-state index in [4.69, 9.17) is 14.4 Å². The first kappa shape index (κ1) is 18.3. The van der Waals surface area contributed by atoms with Crippen LogP contribution in [0, 0.1) is 20.8 Å². The molecule has 5 aromatic rings. The van der Waals surface area contributed by atoms with Crippen molar-refractivity contribution in [3.8, 4) is 22.4 Å². The molecule has 3 heteroatoms. The molecule has 6 rings (SSSR count). The van der Waals surface area contributed by atoms with Crippen molar-refractivity contribution in [1.82, 2.24) is 9.97 Å². The molecule has 3 heterocycles. The second-order valence-electron chi connectivity index (χ2n) is 9.29. The maximum atomic E-state index is 6.70. The molecule has 1 aliphatic rings. The minimum Gasteiger partial charge on any atom is -0.455 e. The SMILES string of the molecule is Cc1cnc(-c2c(C)ccc3c2oc2c4c(ncc23)C(C)(C)c2ccccc2-4)cc1C. The number of pyridine rings is 2. The monoisotopic (exact) mass is 404 g/mol. The van der Waals surface area contributed by atoms with Gasteiger partial charge in [0.2, 0.25) is 0 Å². The van der Waals surface area contributed by atoms with Crippen LogP contribution in [0.2, 0.25) is 0 Å². The second kappa shape index (κ2) is 6.04. The average molecular weight is 405 g/mol. The van der Waals surface area contributed by atoms with E-state index in [-0.39, 0.29) is 5.41 Å². The van der Waals surface area contributed by atoms with E-state index < -0.39 is 0 Å². The van der Waals surface area contributed by atoms with Gasteiger partial charge in [0.05, 0.1) is 11.4 Å². The molecule has 0 fully saturated rings. The first-order valence-corrected chi connectivity index (χ1v) is 10.8. The lowest BCUT2D eigenvalue weighted by molar-refractivity contribution is 0.633. The molecule has 152 valence electrons. The van der Waals surface area contributed by atoms with Gasteiger partial charge >= 0.3 is 0 Å². The summed E-state index contributed by atoms with van der Waals surface area (Å²) in [5.74, 6) is 0. The van der Waals surface area contributed by atoms with Crippen LogP contribution in [0.4, 0.5) is 0 Å². The van der Waals surface area contributed by atoms with Crippen molar-refractivity contribution >= 4 is 21.9 Å². The van der Waals surface area contributed by atoms with Crippen molar-refractivity contribution < 1.29 is 4.42 Å². The summed E-state index contributed by atoms with van der Waals surface area (Å²) in [6.45, 7) is 10.8. The summed E-state index contributed by atoms with van der Waals surface area (Å²) in [5, 5.41) is 2.15. The Morgan fingerprint density at radius 3 is 2.32 bits per heavy atom. The van der Waals surface area contributed by atoms with E-state index >= 15 is 0 Å². The molecule has 0 bridgehead atoms. The van der Waals surface area contributed by atoms with Gasteiger partial charge in [-0.05, 0) is 54.7 Å². The molecule has 3 aromatic heterocycles. The Bertz CT molecular complexity index is 1540. The standard InChI is InChI=1S/C28H24N2O/c1-15-10-11-18-20-14-30-27-24(19-8-6-7-9-21(19)28(27,4)5)26(20)31-25(18)23(15)22-12-16(2)17(3)13-29-22/h6-14H,1-5H3. The number of aryl methyl sites for hydroxylation is 3. The van der Waals surface area contributed by atoms with E-state index in [9.17, 15) is 0 Å². The number of hydrogen-bond donors (Lipinski definition) is 0. The lowest BCUT2D eigenvalue weighted by Gasteiger charge is -2.19. The Morgan fingerprint density at radius 2 is 1.52 bits per heavy atom. The molecule has 3 nitrogen and oxygen atoms in total. The summed E-state index contributed by atoms with van der Waals surface area (Å²) in [4.78, 5) is 9.70. The summed E-state index contributed by atoms with van der Waals surface area (Å²) in [6.07, 6.45) is 3.93. The number of nitrogens with zero attached hydrogens (tertiary/aromatic N) is 2. The molecule has 0 saturated heterocycles. The Hall–Kier alpha value is -3.46. The fraction of sp³-hybridized carbons (Fsp3) is 0.214. The molecular formula is C28H24N2O. The molecule has 0 spiro atoms. The summed E-state index contributed by atoms with van der Waals surface area (Å²) >= 11 is 0. The van der Waals surface area contributed by atoms with E-state index in [0.29, 0.717) is 0 Å². The first-order valence-electron chi connectivity index (χ1n) is 10.8. The smallest absolute Gasteiger partial charge is 0.146 e. The number of hydrogen-bond acceptors (Lipinski definition) is 3. The maximum absolute atomic E-state index is 6.70. The summed E-state index contributed by atoms with van der Waals surface area (Å²) in [7, 11) is 0. The highest BCUT2D eigenvalue weighted by Gasteiger charge is 2.39. The number of furan rings is 1. The highest BCUT2D eigenvalue weighted by atomic mass is 16.3. The van der Waals surface area contributed by atoms with Gasteiger partial charge in [0, 0.05) is 39.7 Å². The Labute approximate surface area is 181 Å². The molecule has 0 atom stereocenters. The molecule has 0 aliphatic heterocycles. The zero-order valence-corrected chi connectivity index (χ0v) is 18.5. The van der Waals surface area contributed by atoms with Gasteiger partial charge < -0.3 is 4.42 Å². The van der Waals surface area contributed by atoms with Gasteiger partial charge in [-0.3, -0.25) is 9.97 Å². The van der Waals surface area contributed by atoms with Crippen LogP contribution in [0.3, 0.4) is 0 Å². The van der Waals surface area contributed by atoms with Gasteiger partial charge in [0.15, 0.2) is 0 Å². The molecule has 0 saturated carbocycles. The summed E-state index contributed by atoms with van der Waals surface area (Å²) in [5.41, 5.74) is 12.0. The highest BCUT2D eigenvalue weighted by molar-refractivity contribution is 6.14. The molecule has 2 aromatic carbocycles. The Kier molecular flexibility index (Phi) is 3.57. The summed E-state index contributed by atoms with van der Waals surface area (Å²) < 4.78 is 6.70. The Balaban J connectivity index is 1.74. The average Bonchev–Trinajstić information content (AvgIpc) is 3.23. The fourth-order valence-corrected chi connectivity index (χ4v) is 5.07. The predicted octanol–water partition coefficient (Wildman–Crippen LogP) is 7.27. The van der Waals surface area contributed by atoms with Crippen LogP contribution >= 0.6 is 0 Å². The van der Waals surface area contributed by atoms with Gasteiger partial charge in [-0.2, -0.15) is 0 Å². The normalized spacial score (nSPS) is 14.2. The lowest BCUT2D eigenvalue weighted by Crippen LogP contribution is -2.16. The van der Waals surface area contributed by atoms with Gasteiger partial charge in [-0.25, -0.2) is 0 Å². The third kappa shape index (κ3) is 2.35. The van der Waals surface area contributed by atoms with Crippen molar-refractivity contribution in [2.45, 2.75) is 40.0 Å². The fourth-order valence-electron chi connectivity index (χ4n) is 5.07. The molecule has 0 N–H and O–H groups in total. The van der Waals surface area contributed by atoms with Crippen LogP contribution in [0.1, 0.15) is 41.8 Å². The van der Waals surface area contributed by atoms with Crippen molar-refractivity contribution in [2.75, 3.05) is 0 Å². The van der Waals surface area contributed by atoms with Crippen molar-refractivity contribution in [1.29, 1.82) is 0 Å². The van der Waals surface area contributed by atoms with Crippen LogP contribution in [0.15, 0.2) is 59.3 Å². The van der Waals surface area contributed by atoms with Crippen LogP contribution in [-0.4, -0.2) is 9.97 Å². The molecule has 0 amide bonds. The minimum atomic E-state index is -0.145. The Morgan fingerprint density at radius 1 is 0.742 bits per heavy atom. The number of benzene rings is 2. The van der Waals surface area contributed by atoms with Gasteiger partial charge in [-0.1, -0.05) is 50.2 Å². The van der Waals surface area contributed by atoms with Crippen LogP contribution in [-0.2, 0) is 5.41 Å². The van der Waals surface area contributed by atoms with E-state index in [2.05, 4.69) is 77.1 Å². The zero-order chi connectivity index (χ0) is 21.5. The van der Waals surface area contributed by atoms with E-state index in [1.54, 1.807) is 0 Å². The van der Waals surface area contributed by atoms with E-state index in [0.717, 1.165) is 50.0 Å². The third-order valence-corrected chi connectivity index (χ3v) is 6.98. The first-order chi connectivity index (χ1) is 14.9. The van der Waals surface area contributed by atoms with Gasteiger partial charge in [-0.15, -0.1) is 0 Å². The van der Waals surface area contributed by atoms with Gasteiger partial charge in [0.1, 0.15) is 11.2 Å². The number of rotatable bonds is 1. The van der Waals surface area contributed by atoms with Crippen molar-refractivity contribution in [3.63, 3.8) is 0 Å². The predicted molar refractivity (Wildman–Crippen MR) is 127 cm³/mol. The molecule has 1 aliphatic carbocycles. The van der Waals surface area contributed by atoms with E-state index in [1.807, 2.05) is 12.4 Å². The topological polar surface area (TPSA) is 38.9 Å². The van der Waals surface area contributed by atoms with Crippen LogP contribution in [0.25, 0.3) is 44.3 Å². The van der Waals surface area contributed by atoms with Crippen LogP contribution in [0.5, 0.6) is 0 Å². The number of aromatic nitrogens is 2. The van der Waals surface area contributed by atoms with Crippen LogP contribution < -0.4 is 0 Å². The third-order valence-electron chi connectivity index (χ3n) is 6.98. The second-order valence-corrected chi connectivity index (χ2v) is 9.29. The molecule has 0 radical (unpaired) electrons. The lowest BCUT2D eigenvalue weighted by atomic mass is 9.85. The molecular weight excluding hydrogens is 380 g/mol. The van der Waals surface area contributed by atoms with Crippen molar-refractivity contribution in [3.05, 3.63) is 82.8 Å². The quantitative estimate of drug-likeness (QED) is 0.295. The largest absolute Gasteiger partial charge is 0.455 e. The zero-order valence-electron chi connectivity index (χ0n) is 18.5. The highest BCUT2D eigenvalue weighted by Crippen LogP contribution is 2.51.